The Balaban J connectivity index is 2.42. The number of ether oxygens (including phenoxy) is 1. The summed E-state index contributed by atoms with van der Waals surface area (Å²) in [6.07, 6.45) is 0. The minimum atomic E-state index is -0.517. The van der Waals surface area contributed by atoms with Crippen LogP contribution in [0.2, 0.25) is 0 Å². The van der Waals surface area contributed by atoms with Crippen LogP contribution in [-0.2, 0) is 11.3 Å². The normalized spacial score (nSPS) is 11.1. The molecule has 108 valence electrons. The number of hydrogen-bond donors (Lipinski definition) is 2. The van der Waals surface area contributed by atoms with Crippen LogP contribution in [-0.4, -0.2) is 28.6 Å². The summed E-state index contributed by atoms with van der Waals surface area (Å²) in [7, 11) is 1.37. The second-order valence-electron chi connectivity index (χ2n) is 4.75. The number of nitrogens with two attached hydrogens (primary N) is 1. The molecule has 0 spiro atoms. The van der Waals surface area contributed by atoms with Crippen LogP contribution in [0.25, 0.3) is 11.0 Å². The summed E-state index contributed by atoms with van der Waals surface area (Å²) in [5, 5.41) is 2.76. The number of rotatable bonds is 4. The molecule has 2 aromatic rings. The van der Waals surface area contributed by atoms with E-state index < -0.39 is 5.82 Å². The molecule has 0 bridgehead atoms. The molecule has 1 heterocycles. The van der Waals surface area contributed by atoms with Crippen molar-refractivity contribution in [2.45, 2.75) is 26.4 Å². The van der Waals surface area contributed by atoms with Crippen molar-refractivity contribution in [1.82, 2.24) is 14.9 Å². The predicted octanol–water partition coefficient (Wildman–Crippen LogP) is 1.29. The second-order valence-corrected chi connectivity index (χ2v) is 4.75. The largest absolute Gasteiger partial charge is 0.494 e. The van der Waals surface area contributed by atoms with E-state index in [1.54, 1.807) is 0 Å². The standard InChI is InChI=1S/C13H17FN4O2/c1-7(2)16-12(19)6-18-10-5-11(20-3)8(14)4-9(10)17-13(18)15/h4-5,7H,6H2,1-3H3,(H2,15,17)(H,16,19). The maximum Gasteiger partial charge on any atom is 0.240 e. The molecule has 0 fully saturated rings. The summed E-state index contributed by atoms with van der Waals surface area (Å²) in [4.78, 5) is 15.9. The SMILES string of the molecule is COc1cc2c(cc1F)nc(N)n2CC(=O)NC(C)C. The molecular formula is C13H17FN4O2. The van der Waals surface area contributed by atoms with Crippen molar-refractivity contribution in [2.24, 2.45) is 0 Å². The van der Waals surface area contributed by atoms with E-state index in [0.29, 0.717) is 11.0 Å². The van der Waals surface area contributed by atoms with E-state index in [1.807, 2.05) is 13.8 Å². The molecule has 1 amide bonds. The number of anilines is 1. The fourth-order valence-electron chi connectivity index (χ4n) is 1.98. The number of fused-ring (bicyclic) bond motifs is 1. The first-order chi connectivity index (χ1) is 9.42. The Labute approximate surface area is 115 Å². The van der Waals surface area contributed by atoms with Crippen LogP contribution in [0.5, 0.6) is 5.75 Å². The van der Waals surface area contributed by atoms with Crippen LogP contribution in [0.1, 0.15) is 13.8 Å². The number of aromatic nitrogens is 2. The minimum absolute atomic E-state index is 0.0231. The lowest BCUT2D eigenvalue weighted by molar-refractivity contribution is -0.122. The van der Waals surface area contributed by atoms with E-state index in [4.69, 9.17) is 10.5 Å². The van der Waals surface area contributed by atoms with Crippen molar-refractivity contribution >= 4 is 22.9 Å². The van der Waals surface area contributed by atoms with Crippen LogP contribution in [0.15, 0.2) is 12.1 Å². The lowest BCUT2D eigenvalue weighted by Crippen LogP contribution is -2.33. The summed E-state index contributed by atoms with van der Waals surface area (Å²) in [6, 6.07) is 2.75. The van der Waals surface area contributed by atoms with E-state index in [0.717, 1.165) is 0 Å². The van der Waals surface area contributed by atoms with Gasteiger partial charge in [-0.05, 0) is 13.8 Å². The Hall–Kier alpha value is -2.31. The van der Waals surface area contributed by atoms with Gasteiger partial charge in [0, 0.05) is 18.2 Å². The molecule has 0 saturated heterocycles. The van der Waals surface area contributed by atoms with Gasteiger partial charge < -0.3 is 20.4 Å². The number of carbonyl (C=O) groups excluding carboxylic acids is 1. The van der Waals surface area contributed by atoms with Crippen LogP contribution in [0.4, 0.5) is 10.3 Å². The summed E-state index contributed by atoms with van der Waals surface area (Å²) in [5.74, 6) is -0.458. The molecule has 1 aromatic carbocycles. The van der Waals surface area contributed by atoms with Gasteiger partial charge in [0.2, 0.25) is 11.9 Å². The smallest absolute Gasteiger partial charge is 0.240 e. The van der Waals surface area contributed by atoms with Gasteiger partial charge in [-0.15, -0.1) is 0 Å². The molecule has 0 radical (unpaired) electrons. The number of halogens is 1. The lowest BCUT2D eigenvalue weighted by atomic mass is 10.3. The first-order valence-corrected chi connectivity index (χ1v) is 6.21. The quantitative estimate of drug-likeness (QED) is 0.884. The fourth-order valence-corrected chi connectivity index (χ4v) is 1.98. The molecule has 0 atom stereocenters. The zero-order chi connectivity index (χ0) is 14.9. The molecule has 0 unspecified atom stereocenters. The van der Waals surface area contributed by atoms with Gasteiger partial charge in [-0.2, -0.15) is 0 Å². The zero-order valence-corrected chi connectivity index (χ0v) is 11.6. The number of imidazole rings is 1. The average molecular weight is 280 g/mol. The predicted molar refractivity (Wildman–Crippen MR) is 73.9 cm³/mol. The van der Waals surface area contributed by atoms with Gasteiger partial charge in [0.05, 0.1) is 18.1 Å². The Morgan fingerprint density at radius 2 is 2.25 bits per heavy atom. The number of methoxy groups -OCH3 is 1. The topological polar surface area (TPSA) is 82.2 Å². The Bertz CT molecular complexity index is 651. The van der Waals surface area contributed by atoms with Crippen molar-refractivity contribution in [3.8, 4) is 5.75 Å². The highest BCUT2D eigenvalue weighted by Crippen LogP contribution is 2.26. The first-order valence-electron chi connectivity index (χ1n) is 6.21. The van der Waals surface area contributed by atoms with Gasteiger partial charge >= 0.3 is 0 Å². The van der Waals surface area contributed by atoms with Gasteiger partial charge in [0.1, 0.15) is 6.54 Å². The van der Waals surface area contributed by atoms with Crippen molar-refractivity contribution in [3.63, 3.8) is 0 Å². The number of carbonyl (C=O) groups is 1. The Morgan fingerprint density at radius 1 is 1.55 bits per heavy atom. The van der Waals surface area contributed by atoms with Crippen LogP contribution < -0.4 is 15.8 Å². The Kier molecular flexibility index (Phi) is 3.78. The molecule has 2 rings (SSSR count). The maximum absolute atomic E-state index is 13.6. The van der Waals surface area contributed by atoms with Crippen LogP contribution in [0.3, 0.4) is 0 Å². The van der Waals surface area contributed by atoms with E-state index >= 15 is 0 Å². The van der Waals surface area contributed by atoms with E-state index in [-0.39, 0.29) is 30.2 Å². The van der Waals surface area contributed by atoms with E-state index in [1.165, 1.54) is 23.8 Å². The van der Waals surface area contributed by atoms with Gasteiger partial charge in [-0.3, -0.25) is 4.79 Å². The maximum atomic E-state index is 13.6. The highest BCUT2D eigenvalue weighted by Gasteiger charge is 2.15. The van der Waals surface area contributed by atoms with E-state index in [9.17, 15) is 9.18 Å². The number of nitrogen functional groups attached to an aromatic ring is 1. The number of hydrogen-bond acceptors (Lipinski definition) is 4. The summed E-state index contributed by atoms with van der Waals surface area (Å²) < 4.78 is 20.1. The lowest BCUT2D eigenvalue weighted by Gasteiger charge is -2.10. The molecule has 3 N–H and O–H groups in total. The molecule has 6 nitrogen and oxygen atoms in total. The van der Waals surface area contributed by atoms with Crippen LogP contribution >= 0.6 is 0 Å². The summed E-state index contributed by atoms with van der Waals surface area (Å²) in [5.41, 5.74) is 6.73. The molecule has 7 heteroatoms. The molecular weight excluding hydrogens is 263 g/mol. The minimum Gasteiger partial charge on any atom is -0.494 e. The third kappa shape index (κ3) is 2.66. The molecule has 0 aliphatic heterocycles. The van der Waals surface area contributed by atoms with Gasteiger partial charge in [-0.1, -0.05) is 0 Å². The van der Waals surface area contributed by atoms with Crippen molar-refractivity contribution < 1.29 is 13.9 Å². The highest BCUT2D eigenvalue weighted by molar-refractivity contribution is 5.84. The average Bonchev–Trinajstić information content (AvgIpc) is 2.63. The molecule has 0 saturated carbocycles. The fraction of sp³-hybridized carbons (Fsp3) is 0.385. The summed E-state index contributed by atoms with van der Waals surface area (Å²) >= 11 is 0. The van der Waals surface area contributed by atoms with Crippen molar-refractivity contribution in [3.05, 3.63) is 17.9 Å². The third-order valence-electron chi connectivity index (χ3n) is 2.80. The van der Waals surface area contributed by atoms with Gasteiger partial charge in [-0.25, -0.2) is 9.37 Å². The number of amides is 1. The number of nitrogens with zero attached hydrogens (tertiary/aromatic N) is 2. The van der Waals surface area contributed by atoms with E-state index in [2.05, 4.69) is 10.3 Å². The number of nitrogens with one attached hydrogen (secondary N) is 1. The molecule has 20 heavy (non-hydrogen) atoms. The monoisotopic (exact) mass is 280 g/mol. The van der Waals surface area contributed by atoms with Crippen LogP contribution in [0, 0.1) is 5.82 Å². The van der Waals surface area contributed by atoms with Gasteiger partial charge in [0.25, 0.3) is 0 Å². The zero-order valence-electron chi connectivity index (χ0n) is 11.6. The highest BCUT2D eigenvalue weighted by atomic mass is 19.1. The number of benzene rings is 1. The van der Waals surface area contributed by atoms with Crippen molar-refractivity contribution in [2.75, 3.05) is 12.8 Å². The first kappa shape index (κ1) is 14.1. The molecule has 0 aliphatic rings. The van der Waals surface area contributed by atoms with Crippen molar-refractivity contribution in [1.29, 1.82) is 0 Å². The summed E-state index contributed by atoms with van der Waals surface area (Å²) in [6.45, 7) is 3.76. The second kappa shape index (κ2) is 5.36. The van der Waals surface area contributed by atoms with Gasteiger partial charge in [0.15, 0.2) is 11.6 Å². The molecule has 1 aromatic heterocycles. The third-order valence-corrected chi connectivity index (χ3v) is 2.80. The Morgan fingerprint density at radius 3 is 2.85 bits per heavy atom. The molecule has 0 aliphatic carbocycles.